The first-order valence-corrected chi connectivity index (χ1v) is 9.62. The zero-order valence-corrected chi connectivity index (χ0v) is 17.2. The van der Waals surface area contributed by atoms with Crippen LogP contribution in [0.25, 0.3) is 0 Å². The lowest BCUT2D eigenvalue weighted by atomic mass is 10.1. The molecule has 1 aliphatic rings. The molecule has 0 fully saturated rings. The first-order chi connectivity index (χ1) is 15.8. The molecule has 3 aromatic rings. The predicted octanol–water partition coefficient (Wildman–Crippen LogP) is 1.40. The fourth-order valence-electron chi connectivity index (χ4n) is 3.07. The van der Waals surface area contributed by atoms with Gasteiger partial charge in [0.1, 0.15) is 5.76 Å². The van der Waals surface area contributed by atoms with Gasteiger partial charge in [0, 0.05) is 11.6 Å². The van der Waals surface area contributed by atoms with E-state index in [0.29, 0.717) is 11.3 Å². The fraction of sp³-hybridized carbons (Fsp3) is 0.0909. The van der Waals surface area contributed by atoms with Crippen molar-refractivity contribution in [2.45, 2.75) is 6.92 Å². The molecule has 33 heavy (non-hydrogen) atoms. The van der Waals surface area contributed by atoms with Crippen molar-refractivity contribution >= 4 is 35.4 Å². The third-order valence-electron chi connectivity index (χ3n) is 4.65. The molecule has 1 aromatic heterocycles. The summed E-state index contributed by atoms with van der Waals surface area (Å²) in [5.74, 6) is -3.01. The van der Waals surface area contributed by atoms with Gasteiger partial charge in [-0.15, -0.1) is 0 Å². The van der Waals surface area contributed by atoms with Crippen LogP contribution in [0.5, 0.6) is 0 Å². The van der Waals surface area contributed by atoms with Crippen LogP contribution in [-0.4, -0.2) is 41.4 Å². The van der Waals surface area contributed by atoms with Crippen molar-refractivity contribution in [3.63, 3.8) is 0 Å². The van der Waals surface area contributed by atoms with E-state index in [0.717, 1.165) is 4.90 Å². The van der Waals surface area contributed by atoms with Crippen LogP contribution < -0.4 is 15.8 Å². The van der Waals surface area contributed by atoms with Gasteiger partial charge in [-0.05, 0) is 37.3 Å². The van der Waals surface area contributed by atoms with E-state index in [4.69, 9.17) is 9.26 Å². The van der Waals surface area contributed by atoms with Crippen molar-refractivity contribution in [1.82, 2.24) is 16.0 Å². The van der Waals surface area contributed by atoms with Crippen molar-refractivity contribution in [1.29, 1.82) is 0 Å². The van der Waals surface area contributed by atoms with Crippen molar-refractivity contribution in [2.24, 2.45) is 0 Å². The molecule has 2 heterocycles. The molecule has 0 aliphatic carbocycles. The van der Waals surface area contributed by atoms with Gasteiger partial charge in [-0.25, -0.2) is 9.69 Å². The molecule has 4 rings (SSSR count). The van der Waals surface area contributed by atoms with Crippen molar-refractivity contribution in [3.05, 3.63) is 82.6 Å². The minimum absolute atomic E-state index is 0.00493. The van der Waals surface area contributed by atoms with Crippen molar-refractivity contribution < 1.29 is 33.2 Å². The minimum atomic E-state index is -0.890. The quantitative estimate of drug-likeness (QED) is 0.338. The smallest absolute Gasteiger partial charge is 0.338 e. The Balaban J connectivity index is 1.36. The molecule has 2 N–H and O–H groups in total. The number of aromatic nitrogens is 1. The number of carbonyl (C=O) groups excluding carboxylic acids is 5. The normalized spacial score (nSPS) is 12.3. The van der Waals surface area contributed by atoms with E-state index < -0.39 is 36.2 Å². The number of esters is 1. The average molecular weight is 448 g/mol. The van der Waals surface area contributed by atoms with E-state index in [1.54, 1.807) is 37.3 Å². The lowest BCUT2D eigenvalue weighted by Crippen LogP contribution is -2.43. The number of hydrogen-bond donors (Lipinski definition) is 2. The number of fused-ring (bicyclic) bond motifs is 1. The van der Waals surface area contributed by atoms with Crippen LogP contribution >= 0.6 is 0 Å². The highest BCUT2D eigenvalue weighted by Crippen LogP contribution is 2.28. The predicted molar refractivity (Wildman–Crippen MR) is 111 cm³/mol. The van der Waals surface area contributed by atoms with Gasteiger partial charge >= 0.3 is 5.97 Å². The van der Waals surface area contributed by atoms with Gasteiger partial charge in [0.25, 0.3) is 23.6 Å². The summed E-state index contributed by atoms with van der Waals surface area (Å²) in [6.45, 7) is 0.939. The maximum Gasteiger partial charge on any atom is 0.338 e. The summed E-state index contributed by atoms with van der Waals surface area (Å²) in [6, 6.07) is 13.5. The van der Waals surface area contributed by atoms with E-state index in [1.165, 1.54) is 24.3 Å². The van der Waals surface area contributed by atoms with Crippen LogP contribution in [0.3, 0.4) is 0 Å². The fourth-order valence-corrected chi connectivity index (χ4v) is 3.07. The summed E-state index contributed by atoms with van der Waals surface area (Å²) in [5, 5.41) is 3.68. The van der Waals surface area contributed by atoms with Gasteiger partial charge in [-0.1, -0.05) is 23.4 Å². The first kappa shape index (κ1) is 21.4. The van der Waals surface area contributed by atoms with Crippen LogP contribution in [-0.2, 0) is 9.53 Å². The summed E-state index contributed by atoms with van der Waals surface area (Å²) in [4.78, 5) is 62.2. The van der Waals surface area contributed by atoms with Crippen LogP contribution in [0.1, 0.15) is 47.2 Å². The minimum Gasteiger partial charge on any atom is -0.452 e. The van der Waals surface area contributed by atoms with Gasteiger partial charge in [0.15, 0.2) is 12.4 Å². The summed E-state index contributed by atoms with van der Waals surface area (Å²) >= 11 is 0. The Morgan fingerprint density at radius 3 is 2.36 bits per heavy atom. The largest absolute Gasteiger partial charge is 0.452 e. The van der Waals surface area contributed by atoms with Crippen LogP contribution in [0.4, 0.5) is 5.82 Å². The SMILES string of the molecule is Cc1cc(N2C(=O)c3ccc(C(=O)OCC(=O)NNC(=O)c4ccccc4)cc3C2=O)no1. The molecule has 0 spiro atoms. The van der Waals surface area contributed by atoms with E-state index in [9.17, 15) is 24.0 Å². The Kier molecular flexibility index (Phi) is 5.68. The molecule has 0 bridgehead atoms. The number of hydrazine groups is 1. The Labute approximate surface area is 186 Å². The molecule has 0 saturated heterocycles. The van der Waals surface area contributed by atoms with Crippen molar-refractivity contribution in [3.8, 4) is 0 Å². The van der Waals surface area contributed by atoms with Crippen LogP contribution in [0.15, 0.2) is 59.1 Å². The molecule has 2 aromatic carbocycles. The first-order valence-electron chi connectivity index (χ1n) is 9.62. The number of benzene rings is 2. The highest BCUT2D eigenvalue weighted by molar-refractivity contribution is 6.34. The molecule has 0 atom stereocenters. The summed E-state index contributed by atoms with van der Waals surface area (Å²) in [7, 11) is 0. The van der Waals surface area contributed by atoms with Gasteiger partial charge in [0.2, 0.25) is 0 Å². The van der Waals surface area contributed by atoms with E-state index in [1.807, 2.05) is 0 Å². The number of imide groups is 1. The van der Waals surface area contributed by atoms with Gasteiger partial charge in [-0.3, -0.25) is 30.0 Å². The number of hydrogen-bond acceptors (Lipinski definition) is 8. The monoisotopic (exact) mass is 448 g/mol. The van der Waals surface area contributed by atoms with E-state index in [-0.39, 0.29) is 22.5 Å². The highest BCUT2D eigenvalue weighted by Gasteiger charge is 2.38. The molecule has 11 nitrogen and oxygen atoms in total. The standard InChI is InChI=1S/C22H16N4O7/c1-12-9-17(25-33-12)26-20(29)15-8-7-14(10-16(15)21(26)30)22(31)32-11-18(27)23-24-19(28)13-5-3-2-4-6-13/h2-10H,11H2,1H3,(H,23,27)(H,24,28). The molecular formula is C22H16N4O7. The van der Waals surface area contributed by atoms with Crippen LogP contribution in [0, 0.1) is 6.92 Å². The Hall–Kier alpha value is -4.80. The molecular weight excluding hydrogens is 432 g/mol. The molecule has 4 amide bonds. The van der Waals surface area contributed by atoms with Gasteiger partial charge in [-0.2, -0.15) is 0 Å². The zero-order valence-electron chi connectivity index (χ0n) is 17.2. The maximum absolute atomic E-state index is 12.7. The second-order valence-electron chi connectivity index (χ2n) is 6.95. The summed E-state index contributed by atoms with van der Waals surface area (Å²) in [5.41, 5.74) is 4.72. The average Bonchev–Trinajstić information content (AvgIpc) is 3.36. The van der Waals surface area contributed by atoms with E-state index in [2.05, 4.69) is 16.0 Å². The Morgan fingerprint density at radius 2 is 1.67 bits per heavy atom. The second-order valence-corrected chi connectivity index (χ2v) is 6.95. The molecule has 1 aliphatic heterocycles. The number of amides is 4. The summed E-state index contributed by atoms with van der Waals surface area (Å²) < 4.78 is 9.84. The number of anilines is 1. The van der Waals surface area contributed by atoms with Crippen LogP contribution in [0.2, 0.25) is 0 Å². The molecule has 11 heteroatoms. The number of carbonyl (C=O) groups is 5. The molecule has 0 radical (unpaired) electrons. The number of nitrogens with zero attached hydrogens (tertiary/aromatic N) is 2. The molecule has 166 valence electrons. The number of rotatable bonds is 5. The second kappa shape index (κ2) is 8.75. The Bertz CT molecular complexity index is 1280. The van der Waals surface area contributed by atoms with Gasteiger partial charge in [0.05, 0.1) is 16.7 Å². The third kappa shape index (κ3) is 4.32. The zero-order chi connectivity index (χ0) is 23.5. The molecule has 0 unspecified atom stereocenters. The topological polar surface area (TPSA) is 148 Å². The molecule has 0 saturated carbocycles. The van der Waals surface area contributed by atoms with Crippen molar-refractivity contribution in [2.75, 3.05) is 11.5 Å². The van der Waals surface area contributed by atoms with E-state index >= 15 is 0 Å². The number of aryl methyl sites for hydroxylation is 1. The highest BCUT2D eigenvalue weighted by atomic mass is 16.5. The Morgan fingerprint density at radius 1 is 0.939 bits per heavy atom. The number of ether oxygens (including phenoxy) is 1. The number of nitrogens with one attached hydrogen (secondary N) is 2. The van der Waals surface area contributed by atoms with Gasteiger partial charge < -0.3 is 9.26 Å². The lowest BCUT2D eigenvalue weighted by molar-refractivity contribution is -0.125. The third-order valence-corrected chi connectivity index (χ3v) is 4.65. The lowest BCUT2D eigenvalue weighted by Gasteiger charge is -2.08. The maximum atomic E-state index is 12.7. The summed E-state index contributed by atoms with van der Waals surface area (Å²) in [6.07, 6.45) is 0.